The Kier molecular flexibility index (Phi) is 6.01. The van der Waals surface area contributed by atoms with E-state index in [2.05, 4.69) is 21.2 Å². The first-order chi connectivity index (χ1) is 15.4. The van der Waals surface area contributed by atoms with Crippen LogP contribution in [0.25, 0.3) is 0 Å². The third-order valence-corrected chi connectivity index (χ3v) is 5.78. The monoisotopic (exact) mass is 491 g/mol. The van der Waals surface area contributed by atoms with Gasteiger partial charge in [-0.2, -0.15) is 0 Å². The topological polar surface area (TPSA) is 89.5 Å². The van der Waals surface area contributed by atoms with Gasteiger partial charge in [0.05, 0.1) is 11.6 Å². The van der Waals surface area contributed by atoms with Gasteiger partial charge in [0.1, 0.15) is 0 Å². The van der Waals surface area contributed by atoms with E-state index in [0.29, 0.717) is 5.56 Å². The highest BCUT2D eigenvalue weighted by atomic mass is 79.9. The van der Waals surface area contributed by atoms with Gasteiger partial charge in [-0.15, -0.1) is 0 Å². The van der Waals surface area contributed by atoms with Crippen molar-refractivity contribution in [2.45, 2.75) is 13.0 Å². The summed E-state index contributed by atoms with van der Waals surface area (Å²) in [5, 5.41) is 2.76. The second-order valence-corrected chi connectivity index (χ2v) is 8.26. The van der Waals surface area contributed by atoms with Gasteiger partial charge in [0.15, 0.2) is 18.2 Å². The van der Waals surface area contributed by atoms with E-state index in [1.54, 1.807) is 24.3 Å². The number of halogens is 1. The normalized spacial score (nSPS) is 13.1. The molecule has 7 heteroatoms. The first kappa shape index (κ1) is 21.6. The number of carbonyl (C=O) groups is 4. The molecule has 0 aliphatic heterocycles. The van der Waals surface area contributed by atoms with Crippen LogP contribution in [0.3, 0.4) is 0 Å². The van der Waals surface area contributed by atoms with Crippen LogP contribution in [0, 0.1) is 0 Å². The second-order valence-electron chi connectivity index (χ2n) is 7.35. The number of rotatable bonds is 5. The van der Waals surface area contributed by atoms with Crippen molar-refractivity contribution in [3.63, 3.8) is 0 Å². The molecule has 0 fully saturated rings. The first-order valence-electron chi connectivity index (χ1n) is 9.90. The van der Waals surface area contributed by atoms with Gasteiger partial charge in [0, 0.05) is 26.7 Å². The number of fused-ring (bicyclic) bond motifs is 2. The zero-order chi connectivity index (χ0) is 22.8. The number of benzene rings is 3. The van der Waals surface area contributed by atoms with E-state index < -0.39 is 24.3 Å². The summed E-state index contributed by atoms with van der Waals surface area (Å²) in [6, 6.07) is 18.1. The van der Waals surface area contributed by atoms with Crippen LogP contribution in [0.4, 0.5) is 0 Å². The van der Waals surface area contributed by atoms with Crippen molar-refractivity contribution in [1.82, 2.24) is 5.32 Å². The highest BCUT2D eigenvalue weighted by Gasteiger charge is 2.33. The van der Waals surface area contributed by atoms with Crippen LogP contribution in [-0.4, -0.2) is 30.0 Å². The van der Waals surface area contributed by atoms with Gasteiger partial charge in [-0.3, -0.25) is 14.4 Å². The number of ether oxygens (including phenoxy) is 1. The molecule has 0 radical (unpaired) electrons. The lowest BCUT2D eigenvalue weighted by molar-refractivity contribution is -0.124. The van der Waals surface area contributed by atoms with Crippen molar-refractivity contribution in [1.29, 1.82) is 0 Å². The Morgan fingerprint density at radius 3 is 2.19 bits per heavy atom. The minimum Gasteiger partial charge on any atom is -0.452 e. The lowest BCUT2D eigenvalue weighted by Gasteiger charge is -2.19. The Hall–Kier alpha value is -3.58. The fourth-order valence-electron chi connectivity index (χ4n) is 3.64. The molecule has 0 spiro atoms. The fourth-order valence-corrected chi connectivity index (χ4v) is 3.91. The van der Waals surface area contributed by atoms with Gasteiger partial charge in [0.25, 0.3) is 5.91 Å². The number of esters is 1. The summed E-state index contributed by atoms with van der Waals surface area (Å²) < 4.78 is 6.09. The summed E-state index contributed by atoms with van der Waals surface area (Å²) in [4.78, 5) is 50.8. The third kappa shape index (κ3) is 4.11. The molecular weight excluding hydrogens is 474 g/mol. The van der Waals surface area contributed by atoms with Crippen molar-refractivity contribution in [3.8, 4) is 0 Å². The highest BCUT2D eigenvalue weighted by Crippen LogP contribution is 2.29. The molecule has 6 nitrogen and oxygen atoms in total. The van der Waals surface area contributed by atoms with Crippen molar-refractivity contribution < 1.29 is 23.9 Å². The number of ketones is 2. The average Bonchev–Trinajstić information content (AvgIpc) is 2.81. The Morgan fingerprint density at radius 2 is 1.50 bits per heavy atom. The molecule has 1 aliphatic carbocycles. The standard InChI is InChI=1S/C25H18BrNO5/c1-14(15-9-11-16(26)12-10-15)27-21(28)13-32-25(31)20-8-4-7-19-22(20)24(30)18-6-3-2-5-17(18)23(19)29/h2-12,14H,13H2,1H3,(H,27,28). The van der Waals surface area contributed by atoms with Crippen LogP contribution in [0.1, 0.15) is 60.7 Å². The van der Waals surface area contributed by atoms with Crippen LogP contribution in [0.15, 0.2) is 71.2 Å². The molecule has 32 heavy (non-hydrogen) atoms. The molecule has 1 unspecified atom stereocenters. The van der Waals surface area contributed by atoms with Gasteiger partial charge in [-0.05, 0) is 30.7 Å². The molecule has 3 aromatic rings. The number of nitrogens with one attached hydrogen (secondary N) is 1. The molecule has 0 saturated carbocycles. The minimum absolute atomic E-state index is 0.00448. The summed E-state index contributed by atoms with van der Waals surface area (Å²) in [6.07, 6.45) is 0. The molecule has 0 bridgehead atoms. The van der Waals surface area contributed by atoms with E-state index in [1.807, 2.05) is 31.2 Å². The summed E-state index contributed by atoms with van der Waals surface area (Å²) in [6.45, 7) is 1.31. The summed E-state index contributed by atoms with van der Waals surface area (Å²) in [5.74, 6) is -2.07. The van der Waals surface area contributed by atoms with Gasteiger partial charge in [0.2, 0.25) is 0 Å². The first-order valence-corrected chi connectivity index (χ1v) is 10.7. The Balaban J connectivity index is 1.48. The molecule has 4 rings (SSSR count). The van der Waals surface area contributed by atoms with Crippen LogP contribution in [0.5, 0.6) is 0 Å². The largest absolute Gasteiger partial charge is 0.452 e. The summed E-state index contributed by atoms with van der Waals surface area (Å²) >= 11 is 3.36. The Morgan fingerprint density at radius 1 is 0.875 bits per heavy atom. The quantitative estimate of drug-likeness (QED) is 0.421. The SMILES string of the molecule is CC(NC(=O)COC(=O)c1cccc2c1C(=O)c1ccccc1C2=O)c1ccc(Br)cc1. The number of amides is 1. The molecule has 0 saturated heterocycles. The predicted octanol–water partition coefficient (Wildman–Crippen LogP) is 4.26. The van der Waals surface area contributed by atoms with Crippen LogP contribution >= 0.6 is 15.9 Å². The maximum Gasteiger partial charge on any atom is 0.339 e. The molecule has 0 aromatic heterocycles. The van der Waals surface area contributed by atoms with E-state index in [-0.39, 0.29) is 34.1 Å². The number of hydrogen-bond acceptors (Lipinski definition) is 5. The van der Waals surface area contributed by atoms with Crippen molar-refractivity contribution in [3.05, 3.63) is 105 Å². The Labute approximate surface area is 192 Å². The molecule has 1 N–H and O–H groups in total. The summed E-state index contributed by atoms with van der Waals surface area (Å²) in [5.41, 5.74) is 1.56. The van der Waals surface area contributed by atoms with Crippen LogP contribution in [0.2, 0.25) is 0 Å². The molecule has 3 aromatic carbocycles. The molecule has 1 amide bonds. The van der Waals surface area contributed by atoms with Crippen molar-refractivity contribution >= 4 is 39.4 Å². The van der Waals surface area contributed by atoms with Crippen LogP contribution in [-0.2, 0) is 9.53 Å². The second kappa shape index (κ2) is 8.88. The van der Waals surface area contributed by atoms with E-state index in [0.717, 1.165) is 10.0 Å². The molecule has 1 atom stereocenters. The lowest BCUT2D eigenvalue weighted by atomic mass is 9.82. The number of hydrogen-bond donors (Lipinski definition) is 1. The highest BCUT2D eigenvalue weighted by molar-refractivity contribution is 9.10. The fraction of sp³-hybridized carbons (Fsp3) is 0.120. The zero-order valence-corrected chi connectivity index (χ0v) is 18.6. The maximum atomic E-state index is 13.0. The van der Waals surface area contributed by atoms with Gasteiger partial charge < -0.3 is 10.1 Å². The summed E-state index contributed by atoms with van der Waals surface area (Å²) in [7, 11) is 0. The molecule has 160 valence electrons. The zero-order valence-electron chi connectivity index (χ0n) is 17.1. The average molecular weight is 492 g/mol. The smallest absolute Gasteiger partial charge is 0.339 e. The van der Waals surface area contributed by atoms with Gasteiger partial charge in [-0.25, -0.2) is 4.79 Å². The van der Waals surface area contributed by atoms with E-state index in [4.69, 9.17) is 4.74 Å². The number of carbonyl (C=O) groups excluding carboxylic acids is 4. The maximum absolute atomic E-state index is 13.0. The van der Waals surface area contributed by atoms with E-state index >= 15 is 0 Å². The molecule has 1 aliphatic rings. The molecule has 0 heterocycles. The third-order valence-electron chi connectivity index (χ3n) is 5.25. The minimum atomic E-state index is -0.839. The van der Waals surface area contributed by atoms with E-state index in [9.17, 15) is 19.2 Å². The predicted molar refractivity (Wildman–Crippen MR) is 121 cm³/mol. The Bertz CT molecular complexity index is 1250. The van der Waals surface area contributed by atoms with E-state index in [1.165, 1.54) is 18.2 Å². The van der Waals surface area contributed by atoms with Crippen molar-refractivity contribution in [2.24, 2.45) is 0 Å². The molecular formula is C25H18BrNO5. The lowest BCUT2D eigenvalue weighted by Crippen LogP contribution is -2.31. The van der Waals surface area contributed by atoms with Gasteiger partial charge in [-0.1, -0.05) is 64.5 Å². The van der Waals surface area contributed by atoms with Gasteiger partial charge >= 0.3 is 5.97 Å². The van der Waals surface area contributed by atoms with Crippen molar-refractivity contribution in [2.75, 3.05) is 6.61 Å². The van der Waals surface area contributed by atoms with Crippen LogP contribution < -0.4 is 5.32 Å².